The summed E-state index contributed by atoms with van der Waals surface area (Å²) in [6, 6.07) is -0.344. The Morgan fingerprint density at radius 1 is 1.02 bits per heavy atom. The molecule has 2 N–H and O–H groups in total. The molecule has 0 radical (unpaired) electrons. The minimum absolute atomic E-state index is 0.0222. The number of nitrogens with zero attached hydrogens (tertiary/aromatic N) is 1. The van der Waals surface area contributed by atoms with E-state index in [0.29, 0.717) is 23.7 Å². The Morgan fingerprint density at radius 3 is 2.25 bits per heavy atom. The van der Waals surface area contributed by atoms with Gasteiger partial charge in [-0.2, -0.15) is 13.2 Å². The third-order valence-corrected chi connectivity index (χ3v) is 15.0. The molecule has 5 fully saturated rings. The summed E-state index contributed by atoms with van der Waals surface area (Å²) in [7, 11) is 1.78. The van der Waals surface area contributed by atoms with E-state index in [1.807, 2.05) is 6.92 Å². The molecule has 0 aromatic heterocycles. The van der Waals surface area contributed by atoms with Crippen molar-refractivity contribution in [3.8, 4) is 0 Å². The maximum atomic E-state index is 13.1. The first kappa shape index (κ1) is 34.3. The Labute approximate surface area is 263 Å². The Kier molecular flexibility index (Phi) is 9.02. The summed E-state index contributed by atoms with van der Waals surface area (Å²) in [6.45, 7) is 16.5. The smallest absolute Gasteiger partial charge is 0.410 e. The molecule has 4 saturated carbocycles. The monoisotopic (exact) mass is 628 g/mol. The Morgan fingerprint density at radius 2 is 1.66 bits per heavy atom. The lowest BCUT2D eigenvalue weighted by Gasteiger charge is -2.66. The lowest BCUT2D eigenvalue weighted by Crippen LogP contribution is -2.63. The number of aliphatic hydroxyl groups is 1. The van der Waals surface area contributed by atoms with Gasteiger partial charge in [0.25, 0.3) is 0 Å². The molecule has 10 atom stereocenters. The molecule has 0 aromatic carbocycles. The first-order valence-electron chi connectivity index (χ1n) is 17.4. The van der Waals surface area contributed by atoms with Crippen molar-refractivity contribution in [2.75, 3.05) is 33.4 Å². The number of likely N-dealkylation sites (tertiary alicyclic amines) is 1. The summed E-state index contributed by atoms with van der Waals surface area (Å²) in [5.74, 6) is 1.94. The summed E-state index contributed by atoms with van der Waals surface area (Å²) < 4.78 is 49.3. The fourth-order valence-corrected chi connectivity index (χ4v) is 12.0. The van der Waals surface area contributed by atoms with Crippen LogP contribution in [0.15, 0.2) is 0 Å². The lowest BCUT2D eigenvalue weighted by molar-refractivity contribution is -0.212. The topological polar surface area (TPSA) is 71.0 Å². The molecule has 5 rings (SSSR count). The van der Waals surface area contributed by atoms with E-state index in [9.17, 15) is 23.1 Å². The van der Waals surface area contributed by atoms with Crippen molar-refractivity contribution in [1.29, 1.82) is 0 Å². The number of rotatable bonds is 10. The second kappa shape index (κ2) is 11.6. The van der Waals surface area contributed by atoms with Gasteiger partial charge in [-0.05, 0) is 98.2 Å². The van der Waals surface area contributed by atoms with Crippen molar-refractivity contribution < 1.29 is 32.5 Å². The summed E-state index contributed by atoms with van der Waals surface area (Å²) in [6.07, 6.45) is 4.49. The van der Waals surface area contributed by atoms with Crippen LogP contribution in [0, 0.1) is 50.7 Å². The normalized spacial score (nSPS) is 41.8. The van der Waals surface area contributed by atoms with E-state index in [2.05, 4.69) is 46.9 Å². The molecule has 5 aliphatic rings. The number of alkyl halides is 3. The van der Waals surface area contributed by atoms with Crippen LogP contribution < -0.4 is 5.32 Å². The second-order valence-corrected chi connectivity index (χ2v) is 16.6. The number of ether oxygens (including phenoxy) is 2. The van der Waals surface area contributed by atoms with E-state index in [4.69, 9.17) is 9.47 Å². The zero-order valence-corrected chi connectivity index (χ0v) is 28.5. The molecule has 0 bridgehead atoms. The van der Waals surface area contributed by atoms with Crippen molar-refractivity contribution in [1.82, 2.24) is 10.2 Å². The van der Waals surface area contributed by atoms with Gasteiger partial charge in [-0.1, -0.05) is 48.0 Å². The van der Waals surface area contributed by atoms with Crippen LogP contribution in [0.1, 0.15) is 106 Å². The maximum absolute atomic E-state index is 13.1. The highest BCUT2D eigenvalue weighted by molar-refractivity contribution is 5.69. The van der Waals surface area contributed by atoms with Gasteiger partial charge in [0.15, 0.2) is 0 Å². The van der Waals surface area contributed by atoms with Gasteiger partial charge in [0.05, 0.1) is 12.6 Å². The Hall–Kier alpha value is -1.06. The predicted molar refractivity (Wildman–Crippen MR) is 165 cm³/mol. The molecule has 6 nitrogen and oxygen atoms in total. The molecule has 254 valence electrons. The van der Waals surface area contributed by atoms with Gasteiger partial charge >= 0.3 is 12.3 Å². The number of carbonyl (C=O) groups is 1. The number of nitrogens with one attached hydrogen (secondary N) is 1. The van der Waals surface area contributed by atoms with E-state index in [0.717, 1.165) is 51.6 Å². The van der Waals surface area contributed by atoms with Crippen molar-refractivity contribution >= 4 is 6.09 Å². The average molecular weight is 629 g/mol. The highest BCUT2D eigenvalue weighted by atomic mass is 19.4. The number of methoxy groups -OCH3 is 1. The summed E-state index contributed by atoms with van der Waals surface area (Å²) in [5.41, 5.74) is 0.0996. The highest BCUT2D eigenvalue weighted by Crippen LogP contribution is 2.88. The van der Waals surface area contributed by atoms with Crippen LogP contribution in [0.5, 0.6) is 0 Å². The molecular weight excluding hydrogens is 569 g/mol. The van der Waals surface area contributed by atoms with Crippen LogP contribution in [0.3, 0.4) is 0 Å². The minimum Gasteiger partial charge on any atom is -0.446 e. The summed E-state index contributed by atoms with van der Waals surface area (Å²) in [5, 5.41) is 14.2. The van der Waals surface area contributed by atoms with Crippen molar-refractivity contribution in [2.45, 2.75) is 131 Å². The van der Waals surface area contributed by atoms with E-state index in [-0.39, 0.29) is 52.3 Å². The largest absolute Gasteiger partial charge is 0.446 e. The predicted octanol–water partition coefficient (Wildman–Crippen LogP) is 7.44. The molecular formula is C35H59F3N2O4. The quantitative estimate of drug-likeness (QED) is 0.263. The molecule has 1 heterocycles. The number of halogens is 3. The van der Waals surface area contributed by atoms with E-state index < -0.39 is 24.9 Å². The average Bonchev–Trinajstić information content (AvgIpc) is 3.59. The fraction of sp³-hybridized carbons (Fsp3) is 0.971. The van der Waals surface area contributed by atoms with Gasteiger partial charge in [-0.3, -0.25) is 0 Å². The van der Waals surface area contributed by atoms with Crippen molar-refractivity contribution in [3.05, 3.63) is 0 Å². The first-order valence-corrected chi connectivity index (χ1v) is 17.4. The lowest BCUT2D eigenvalue weighted by atomic mass is 9.38. The zero-order valence-electron chi connectivity index (χ0n) is 28.5. The fourth-order valence-electron chi connectivity index (χ4n) is 12.0. The van der Waals surface area contributed by atoms with Crippen LogP contribution in [0.4, 0.5) is 18.0 Å². The number of hydrogen-bond donors (Lipinski definition) is 2. The van der Waals surface area contributed by atoms with E-state index in [1.165, 1.54) is 17.7 Å². The summed E-state index contributed by atoms with van der Waals surface area (Å²) >= 11 is 0. The SMILES string of the molecule is CC[C@H](CCOC)[C@@H](C)[C@@]1(C)CCC23C[C@@]24CC[C@H](OC(=O)N2CC(NCC(F)(F)F)C2)C(C)(C)[C@@H]4CCC3[C@]1(C)[C@H](C)O. The van der Waals surface area contributed by atoms with Gasteiger partial charge in [0.1, 0.15) is 6.10 Å². The third kappa shape index (κ3) is 5.12. The molecule has 1 saturated heterocycles. The van der Waals surface area contributed by atoms with Crippen LogP contribution in [-0.4, -0.2) is 73.9 Å². The molecule has 9 heteroatoms. The highest BCUT2D eigenvalue weighted by Gasteiger charge is 2.82. The number of carbonyl (C=O) groups excluding carboxylic acids is 1. The summed E-state index contributed by atoms with van der Waals surface area (Å²) in [4.78, 5) is 14.6. The maximum Gasteiger partial charge on any atom is 0.410 e. The van der Waals surface area contributed by atoms with E-state index >= 15 is 0 Å². The molecule has 44 heavy (non-hydrogen) atoms. The standard InChI is InChI=1S/C35H59F3N2O4/c1-9-24(13-17-43-8)22(2)31(6)15-16-34-20-33(34)14-12-28(44-29(42)40-18-25(19-40)39-21-35(36,37)38)30(4,5)26(33)10-11-27(34)32(31,7)23(3)41/h22-28,39,41H,9-21H2,1-8H3/t22-,23+,24-,26+,27?,28+,31-,32+,33-,34?/m1/s1. The third-order valence-electron chi connectivity index (χ3n) is 15.0. The van der Waals surface area contributed by atoms with Crippen molar-refractivity contribution in [3.63, 3.8) is 0 Å². The van der Waals surface area contributed by atoms with Gasteiger partial charge < -0.3 is 24.8 Å². The Balaban J connectivity index is 1.30. The first-order chi connectivity index (χ1) is 20.4. The minimum atomic E-state index is -4.26. The molecule has 2 unspecified atom stereocenters. The van der Waals surface area contributed by atoms with Crippen LogP contribution in [-0.2, 0) is 9.47 Å². The second-order valence-electron chi connectivity index (χ2n) is 16.6. The number of amides is 1. The number of hydrogen-bond acceptors (Lipinski definition) is 5. The zero-order chi connectivity index (χ0) is 32.5. The van der Waals surface area contributed by atoms with E-state index in [1.54, 1.807) is 7.11 Å². The molecule has 1 aliphatic heterocycles. The van der Waals surface area contributed by atoms with Gasteiger partial charge in [0.2, 0.25) is 0 Å². The molecule has 1 amide bonds. The van der Waals surface area contributed by atoms with Crippen LogP contribution in [0.2, 0.25) is 0 Å². The van der Waals surface area contributed by atoms with Crippen molar-refractivity contribution in [2.24, 2.45) is 50.7 Å². The Bertz CT molecular complexity index is 1060. The van der Waals surface area contributed by atoms with Crippen LogP contribution >= 0.6 is 0 Å². The van der Waals surface area contributed by atoms with Gasteiger partial charge in [0, 0.05) is 43.7 Å². The van der Waals surface area contributed by atoms with Crippen LogP contribution in [0.25, 0.3) is 0 Å². The molecule has 2 spiro atoms. The van der Waals surface area contributed by atoms with Gasteiger partial charge in [-0.25, -0.2) is 4.79 Å². The number of aliphatic hydroxyl groups excluding tert-OH is 1. The molecule has 4 aliphatic carbocycles. The van der Waals surface area contributed by atoms with Gasteiger partial charge in [-0.15, -0.1) is 0 Å². The molecule has 0 aromatic rings.